The van der Waals surface area contributed by atoms with Crippen molar-refractivity contribution in [2.75, 3.05) is 13.1 Å². The highest BCUT2D eigenvalue weighted by molar-refractivity contribution is 5.96. The summed E-state index contributed by atoms with van der Waals surface area (Å²) in [5.41, 5.74) is 2.24. The molecule has 0 spiro atoms. The zero-order valence-corrected chi connectivity index (χ0v) is 13.6. The van der Waals surface area contributed by atoms with Crippen molar-refractivity contribution in [2.24, 2.45) is 18.9 Å². The Morgan fingerprint density at radius 2 is 2.14 bits per heavy atom. The lowest BCUT2D eigenvalue weighted by Crippen LogP contribution is -2.29. The highest BCUT2D eigenvalue weighted by Crippen LogP contribution is 2.29. The van der Waals surface area contributed by atoms with Gasteiger partial charge in [-0.3, -0.25) is 4.79 Å². The molecule has 0 bridgehead atoms. The Labute approximate surface area is 131 Å². The second-order valence-corrected chi connectivity index (χ2v) is 6.30. The average Bonchev–Trinajstić information content (AvgIpc) is 3.15. The van der Waals surface area contributed by atoms with E-state index in [9.17, 15) is 4.79 Å². The van der Waals surface area contributed by atoms with E-state index in [0.717, 1.165) is 36.6 Å². The number of imidazole rings is 1. The van der Waals surface area contributed by atoms with Crippen molar-refractivity contribution in [3.8, 4) is 0 Å². The first-order valence-electron chi connectivity index (χ1n) is 8.20. The third-order valence-corrected chi connectivity index (χ3v) is 5.03. The number of rotatable bonds is 4. The van der Waals surface area contributed by atoms with Gasteiger partial charge >= 0.3 is 0 Å². The molecule has 118 valence electrons. The maximum atomic E-state index is 12.7. The van der Waals surface area contributed by atoms with Gasteiger partial charge in [-0.2, -0.15) is 0 Å². The molecule has 2 aromatic rings. The third-order valence-electron chi connectivity index (χ3n) is 5.03. The average molecular weight is 300 g/mol. The number of hydrogen-bond acceptors (Lipinski definition) is 3. The topological polar surface area (TPSA) is 51.0 Å². The first-order valence-corrected chi connectivity index (χ1v) is 8.20. The van der Waals surface area contributed by atoms with Gasteiger partial charge in [0, 0.05) is 26.3 Å². The van der Waals surface area contributed by atoms with Crippen molar-refractivity contribution in [3.05, 3.63) is 24.2 Å². The van der Waals surface area contributed by atoms with Crippen molar-refractivity contribution < 1.29 is 4.79 Å². The van der Waals surface area contributed by atoms with E-state index in [-0.39, 0.29) is 5.91 Å². The van der Waals surface area contributed by atoms with Gasteiger partial charge in [0.05, 0.1) is 11.9 Å². The number of aryl methyl sites for hydroxylation is 1. The number of carbonyl (C=O) groups excluding carboxylic acids is 1. The molecule has 3 rings (SSSR count). The van der Waals surface area contributed by atoms with Gasteiger partial charge in [-0.05, 0) is 24.3 Å². The highest BCUT2D eigenvalue weighted by atomic mass is 16.2. The number of nitrogens with zero attached hydrogens (tertiary/aromatic N) is 4. The van der Waals surface area contributed by atoms with Gasteiger partial charge in [-0.1, -0.05) is 26.7 Å². The minimum atomic E-state index is 0.0912. The van der Waals surface area contributed by atoms with Crippen LogP contribution in [-0.2, 0) is 7.05 Å². The van der Waals surface area contributed by atoms with E-state index in [4.69, 9.17) is 0 Å². The zero-order chi connectivity index (χ0) is 15.7. The molecule has 5 nitrogen and oxygen atoms in total. The van der Waals surface area contributed by atoms with Crippen LogP contribution in [0, 0.1) is 11.8 Å². The molecule has 0 aliphatic carbocycles. The minimum Gasteiger partial charge on any atom is -0.338 e. The van der Waals surface area contributed by atoms with Crippen LogP contribution in [-0.4, -0.2) is 38.4 Å². The Kier molecular flexibility index (Phi) is 4.14. The molecule has 5 heteroatoms. The first kappa shape index (κ1) is 15.0. The van der Waals surface area contributed by atoms with E-state index in [1.54, 1.807) is 12.5 Å². The van der Waals surface area contributed by atoms with Crippen LogP contribution in [0.15, 0.2) is 18.6 Å². The second-order valence-electron chi connectivity index (χ2n) is 6.30. The SMILES string of the molecule is CCC(CC)[C@H]1CCN(C(=O)c2cnc3c(c2)ncn3C)C1. The normalized spacial score (nSPS) is 18.5. The van der Waals surface area contributed by atoms with E-state index in [0.29, 0.717) is 11.5 Å². The fourth-order valence-corrected chi connectivity index (χ4v) is 3.63. The molecule has 0 radical (unpaired) electrons. The molecule has 1 atom stereocenters. The maximum Gasteiger partial charge on any atom is 0.255 e. The van der Waals surface area contributed by atoms with E-state index < -0.39 is 0 Å². The van der Waals surface area contributed by atoms with Crippen LogP contribution in [0.1, 0.15) is 43.5 Å². The fraction of sp³-hybridized carbons (Fsp3) is 0.588. The van der Waals surface area contributed by atoms with Crippen molar-refractivity contribution in [2.45, 2.75) is 33.1 Å². The predicted molar refractivity (Wildman–Crippen MR) is 86.6 cm³/mol. The van der Waals surface area contributed by atoms with E-state index in [1.165, 1.54) is 12.8 Å². The van der Waals surface area contributed by atoms with Crippen molar-refractivity contribution in [3.63, 3.8) is 0 Å². The van der Waals surface area contributed by atoms with Gasteiger partial charge in [0.25, 0.3) is 5.91 Å². The molecule has 1 saturated heterocycles. The Bertz CT molecular complexity index is 674. The molecular formula is C17H24N4O. The van der Waals surface area contributed by atoms with Crippen LogP contribution in [0.5, 0.6) is 0 Å². The number of likely N-dealkylation sites (tertiary alicyclic amines) is 1. The lowest BCUT2D eigenvalue weighted by Gasteiger charge is -2.21. The lowest BCUT2D eigenvalue weighted by molar-refractivity contribution is 0.0781. The standard InChI is InChI=1S/C17H24N4O/c1-4-12(5-2)13-6-7-21(10-13)17(22)14-8-15-16(18-9-14)20(3)11-19-15/h8-9,11-13H,4-7,10H2,1-3H3/t13-/m0/s1. The predicted octanol–water partition coefficient (Wildman–Crippen LogP) is 2.87. The van der Waals surface area contributed by atoms with E-state index >= 15 is 0 Å². The Morgan fingerprint density at radius 1 is 1.36 bits per heavy atom. The summed E-state index contributed by atoms with van der Waals surface area (Å²) in [4.78, 5) is 23.3. The summed E-state index contributed by atoms with van der Waals surface area (Å²) in [5, 5.41) is 0. The molecular weight excluding hydrogens is 276 g/mol. The summed E-state index contributed by atoms with van der Waals surface area (Å²) in [6, 6.07) is 1.86. The molecule has 0 N–H and O–H groups in total. The monoisotopic (exact) mass is 300 g/mol. The molecule has 1 amide bonds. The van der Waals surface area contributed by atoms with Crippen LogP contribution in [0.2, 0.25) is 0 Å². The van der Waals surface area contributed by atoms with Gasteiger partial charge in [0.1, 0.15) is 5.52 Å². The Morgan fingerprint density at radius 3 is 2.86 bits per heavy atom. The molecule has 2 aromatic heterocycles. The van der Waals surface area contributed by atoms with Crippen LogP contribution >= 0.6 is 0 Å². The van der Waals surface area contributed by atoms with E-state index in [2.05, 4.69) is 23.8 Å². The largest absolute Gasteiger partial charge is 0.338 e. The van der Waals surface area contributed by atoms with Crippen molar-refractivity contribution in [1.29, 1.82) is 0 Å². The van der Waals surface area contributed by atoms with Gasteiger partial charge < -0.3 is 9.47 Å². The summed E-state index contributed by atoms with van der Waals surface area (Å²) < 4.78 is 1.86. The fourth-order valence-electron chi connectivity index (χ4n) is 3.63. The zero-order valence-electron chi connectivity index (χ0n) is 13.6. The summed E-state index contributed by atoms with van der Waals surface area (Å²) in [7, 11) is 1.91. The van der Waals surface area contributed by atoms with Gasteiger partial charge in [0.15, 0.2) is 5.65 Å². The first-order chi connectivity index (χ1) is 10.6. The Hall–Kier alpha value is -1.91. The molecule has 22 heavy (non-hydrogen) atoms. The van der Waals surface area contributed by atoms with Crippen molar-refractivity contribution in [1.82, 2.24) is 19.4 Å². The summed E-state index contributed by atoms with van der Waals surface area (Å²) in [6.45, 7) is 6.24. The number of pyridine rings is 1. The van der Waals surface area contributed by atoms with Gasteiger partial charge in [-0.15, -0.1) is 0 Å². The molecule has 1 aliphatic rings. The molecule has 3 heterocycles. The van der Waals surface area contributed by atoms with Crippen LogP contribution in [0.3, 0.4) is 0 Å². The smallest absolute Gasteiger partial charge is 0.255 e. The number of hydrogen-bond donors (Lipinski definition) is 0. The molecule has 1 aliphatic heterocycles. The molecule has 0 saturated carbocycles. The van der Waals surface area contributed by atoms with Crippen LogP contribution in [0.25, 0.3) is 11.2 Å². The van der Waals surface area contributed by atoms with Crippen LogP contribution in [0.4, 0.5) is 0 Å². The molecule has 0 aromatic carbocycles. The number of fused-ring (bicyclic) bond motifs is 1. The quantitative estimate of drug-likeness (QED) is 0.872. The second kappa shape index (κ2) is 6.07. The molecule has 1 fully saturated rings. The summed E-state index contributed by atoms with van der Waals surface area (Å²) >= 11 is 0. The number of carbonyl (C=O) groups is 1. The van der Waals surface area contributed by atoms with E-state index in [1.807, 2.05) is 22.6 Å². The Balaban J connectivity index is 1.76. The highest BCUT2D eigenvalue weighted by Gasteiger charge is 2.30. The summed E-state index contributed by atoms with van der Waals surface area (Å²) in [5.74, 6) is 1.47. The number of aromatic nitrogens is 3. The maximum absolute atomic E-state index is 12.7. The third kappa shape index (κ3) is 2.60. The summed E-state index contributed by atoms with van der Waals surface area (Å²) in [6.07, 6.45) is 6.92. The lowest BCUT2D eigenvalue weighted by atomic mass is 9.87. The minimum absolute atomic E-state index is 0.0912. The van der Waals surface area contributed by atoms with Gasteiger partial charge in [0.2, 0.25) is 0 Å². The van der Waals surface area contributed by atoms with Crippen LogP contribution < -0.4 is 0 Å². The molecule has 0 unspecified atom stereocenters. The number of amides is 1. The van der Waals surface area contributed by atoms with Gasteiger partial charge in [-0.25, -0.2) is 9.97 Å². The van der Waals surface area contributed by atoms with Crippen molar-refractivity contribution >= 4 is 17.1 Å².